The molecule has 0 aromatic carbocycles. The van der Waals surface area contributed by atoms with Gasteiger partial charge in [0.15, 0.2) is 0 Å². The van der Waals surface area contributed by atoms with Gasteiger partial charge in [-0.2, -0.15) is 0 Å². The fourth-order valence-electron chi connectivity index (χ4n) is 9.99. The minimum Gasteiger partial charge on any atom is -0.462 e. The van der Waals surface area contributed by atoms with Crippen LogP contribution in [-0.2, 0) is 19.1 Å². The molecule has 0 aliphatic heterocycles. The number of rotatable bonds is 8. The monoisotopic (exact) mass is 536 g/mol. The molecule has 3 N–H and O–H groups in total. The standard InChI is InChI=1S/C31H52O7/c1-18(2)7-10-27(37-20(4)33)19(3)24-8-9-25-23-15-28(38-21(5)34)31(36)16-22(35)11-14-30(31,17-32)26(23)12-13-29(24,25)6/h18-19,22-28,32,35-36H,7-17H2,1-6H3. The molecule has 0 saturated heterocycles. The number of esters is 2. The molecular formula is C31H52O7. The number of aliphatic hydroxyl groups is 3. The fraction of sp³-hybridized carbons (Fsp3) is 0.935. The topological polar surface area (TPSA) is 113 Å². The Labute approximate surface area is 229 Å². The molecule has 38 heavy (non-hydrogen) atoms. The van der Waals surface area contributed by atoms with Crippen molar-refractivity contribution in [3.8, 4) is 0 Å². The Balaban J connectivity index is 1.64. The third-order valence-electron chi connectivity index (χ3n) is 11.7. The van der Waals surface area contributed by atoms with Gasteiger partial charge in [-0.25, -0.2) is 0 Å². The van der Waals surface area contributed by atoms with E-state index in [2.05, 4.69) is 27.7 Å². The zero-order chi connectivity index (χ0) is 28.0. The van der Waals surface area contributed by atoms with Gasteiger partial charge in [-0.1, -0.05) is 27.7 Å². The number of aliphatic hydroxyl groups excluding tert-OH is 2. The molecule has 0 heterocycles. The first-order chi connectivity index (χ1) is 17.8. The molecule has 0 aromatic heterocycles. The molecule has 4 saturated carbocycles. The van der Waals surface area contributed by atoms with E-state index in [0.29, 0.717) is 37.0 Å². The number of hydrogen-bond donors (Lipinski definition) is 3. The zero-order valence-corrected chi connectivity index (χ0v) is 24.4. The number of carbonyl (C=O) groups is 2. The molecule has 4 aliphatic carbocycles. The second-order valence-corrected chi connectivity index (χ2v) is 14.1. The Hall–Kier alpha value is -1.18. The summed E-state index contributed by atoms with van der Waals surface area (Å²) in [5.41, 5.74) is -2.15. The molecule has 4 aliphatic rings. The number of ether oxygens (including phenoxy) is 2. The van der Waals surface area contributed by atoms with E-state index in [4.69, 9.17) is 9.47 Å². The van der Waals surface area contributed by atoms with Gasteiger partial charge in [-0.3, -0.25) is 9.59 Å². The van der Waals surface area contributed by atoms with Crippen LogP contribution in [0.3, 0.4) is 0 Å². The van der Waals surface area contributed by atoms with Crippen molar-refractivity contribution < 1.29 is 34.4 Å². The van der Waals surface area contributed by atoms with Crippen molar-refractivity contribution in [2.75, 3.05) is 6.61 Å². The van der Waals surface area contributed by atoms with Crippen molar-refractivity contribution in [2.45, 2.75) is 130 Å². The highest BCUT2D eigenvalue weighted by molar-refractivity contribution is 5.66. The summed E-state index contributed by atoms with van der Waals surface area (Å²) in [4.78, 5) is 24.2. The highest BCUT2D eigenvalue weighted by Gasteiger charge is 2.70. The molecule has 11 atom stereocenters. The lowest BCUT2D eigenvalue weighted by molar-refractivity contribution is -0.284. The first-order valence-electron chi connectivity index (χ1n) is 15.1. The lowest BCUT2D eigenvalue weighted by atomic mass is 9.42. The van der Waals surface area contributed by atoms with Crippen molar-refractivity contribution in [2.24, 2.45) is 46.3 Å². The Morgan fingerprint density at radius 2 is 1.68 bits per heavy atom. The van der Waals surface area contributed by atoms with Crippen molar-refractivity contribution in [3.05, 3.63) is 0 Å². The van der Waals surface area contributed by atoms with E-state index in [9.17, 15) is 24.9 Å². The van der Waals surface area contributed by atoms with Gasteiger partial charge in [0.25, 0.3) is 0 Å². The van der Waals surface area contributed by atoms with Crippen LogP contribution in [0.25, 0.3) is 0 Å². The van der Waals surface area contributed by atoms with E-state index in [-0.39, 0.29) is 48.3 Å². The molecule has 7 heteroatoms. The van der Waals surface area contributed by atoms with Crippen molar-refractivity contribution in [1.29, 1.82) is 0 Å². The summed E-state index contributed by atoms with van der Waals surface area (Å²) in [5.74, 6) is 1.28. The summed E-state index contributed by atoms with van der Waals surface area (Å²) in [5, 5.41) is 33.5. The van der Waals surface area contributed by atoms with Crippen LogP contribution >= 0.6 is 0 Å². The summed E-state index contributed by atoms with van der Waals surface area (Å²) in [6.45, 7) is 11.8. The number of hydrogen-bond acceptors (Lipinski definition) is 7. The Bertz CT molecular complexity index is 874. The lowest BCUT2D eigenvalue weighted by Gasteiger charge is -2.66. The molecule has 11 unspecified atom stereocenters. The van der Waals surface area contributed by atoms with E-state index in [0.717, 1.165) is 38.5 Å². The van der Waals surface area contributed by atoms with E-state index in [1.54, 1.807) is 0 Å². The zero-order valence-electron chi connectivity index (χ0n) is 24.4. The normalized spacial score (nSPS) is 43.9. The average Bonchev–Trinajstić information content (AvgIpc) is 3.18. The smallest absolute Gasteiger partial charge is 0.303 e. The Kier molecular flexibility index (Phi) is 8.63. The molecule has 4 fully saturated rings. The molecule has 218 valence electrons. The van der Waals surface area contributed by atoms with Gasteiger partial charge in [0.2, 0.25) is 0 Å². The highest BCUT2D eigenvalue weighted by atomic mass is 16.6. The van der Waals surface area contributed by atoms with Crippen molar-refractivity contribution in [1.82, 2.24) is 0 Å². The van der Waals surface area contributed by atoms with Gasteiger partial charge < -0.3 is 24.8 Å². The SMILES string of the molecule is CC(=O)OC(CCC(C)C)C(C)C1CCC2C3CC(OC(C)=O)C4(O)CC(O)CCC4(CO)C3CCC12C. The average molecular weight is 537 g/mol. The van der Waals surface area contributed by atoms with Crippen LogP contribution in [0.4, 0.5) is 0 Å². The predicted molar refractivity (Wildman–Crippen MR) is 144 cm³/mol. The molecule has 0 radical (unpaired) electrons. The minimum atomic E-state index is -1.43. The van der Waals surface area contributed by atoms with E-state index < -0.39 is 29.2 Å². The lowest BCUT2D eigenvalue weighted by Crippen LogP contribution is -2.71. The van der Waals surface area contributed by atoms with E-state index >= 15 is 0 Å². The second kappa shape index (κ2) is 11.0. The van der Waals surface area contributed by atoms with Crippen LogP contribution in [0.2, 0.25) is 0 Å². The summed E-state index contributed by atoms with van der Waals surface area (Å²) in [7, 11) is 0. The molecule has 0 amide bonds. The van der Waals surface area contributed by atoms with Crippen molar-refractivity contribution in [3.63, 3.8) is 0 Å². The molecule has 0 spiro atoms. The molecular weight excluding hydrogens is 484 g/mol. The summed E-state index contributed by atoms with van der Waals surface area (Å²) >= 11 is 0. The quantitative estimate of drug-likeness (QED) is 0.387. The van der Waals surface area contributed by atoms with Crippen molar-refractivity contribution >= 4 is 11.9 Å². The Morgan fingerprint density at radius 1 is 0.974 bits per heavy atom. The van der Waals surface area contributed by atoms with Crippen LogP contribution in [0.5, 0.6) is 0 Å². The van der Waals surface area contributed by atoms with Gasteiger partial charge in [0, 0.05) is 25.7 Å². The molecule has 0 bridgehead atoms. The van der Waals surface area contributed by atoms with Gasteiger partial charge in [-0.05, 0) is 98.7 Å². The Morgan fingerprint density at radius 3 is 2.29 bits per heavy atom. The molecule has 0 aromatic rings. The van der Waals surface area contributed by atoms with Crippen LogP contribution in [0, 0.1) is 46.3 Å². The highest BCUT2D eigenvalue weighted by Crippen LogP contribution is 2.69. The third kappa shape index (κ3) is 4.94. The number of fused-ring (bicyclic) bond motifs is 5. The molecule has 4 rings (SSSR count). The maximum Gasteiger partial charge on any atom is 0.303 e. The van der Waals surface area contributed by atoms with Crippen LogP contribution in [0.1, 0.15) is 106 Å². The fourth-order valence-corrected chi connectivity index (χ4v) is 9.99. The first-order valence-corrected chi connectivity index (χ1v) is 15.1. The van der Waals surface area contributed by atoms with Crippen LogP contribution in [-0.4, -0.2) is 57.8 Å². The summed E-state index contributed by atoms with van der Waals surface area (Å²) in [6, 6.07) is 0. The van der Waals surface area contributed by atoms with Crippen LogP contribution in [0.15, 0.2) is 0 Å². The van der Waals surface area contributed by atoms with E-state index in [1.807, 2.05) is 0 Å². The molecule has 7 nitrogen and oxygen atoms in total. The first kappa shape index (κ1) is 29.8. The summed E-state index contributed by atoms with van der Waals surface area (Å²) < 4.78 is 11.7. The maximum absolute atomic E-state index is 12.2. The van der Waals surface area contributed by atoms with Gasteiger partial charge in [-0.15, -0.1) is 0 Å². The van der Waals surface area contributed by atoms with Gasteiger partial charge >= 0.3 is 11.9 Å². The maximum atomic E-state index is 12.2. The van der Waals surface area contributed by atoms with E-state index in [1.165, 1.54) is 13.8 Å². The minimum absolute atomic E-state index is 0.0534. The summed E-state index contributed by atoms with van der Waals surface area (Å²) in [6.07, 6.45) is 6.21. The van der Waals surface area contributed by atoms with Crippen LogP contribution < -0.4 is 0 Å². The third-order valence-corrected chi connectivity index (χ3v) is 11.7. The van der Waals surface area contributed by atoms with Gasteiger partial charge in [0.05, 0.1) is 12.7 Å². The largest absolute Gasteiger partial charge is 0.462 e. The predicted octanol–water partition coefficient (Wildman–Crippen LogP) is 4.64. The number of carbonyl (C=O) groups excluding carboxylic acids is 2. The van der Waals surface area contributed by atoms with Gasteiger partial charge in [0.1, 0.15) is 17.8 Å². The second-order valence-electron chi connectivity index (χ2n) is 14.1.